The smallest absolute Gasteiger partial charge is 0.0796 e. The van der Waals surface area contributed by atoms with Crippen molar-refractivity contribution < 1.29 is 0 Å². The number of hydrogen-bond acceptors (Lipinski definition) is 3. The Hall–Kier alpha value is -2.26. The highest BCUT2D eigenvalue weighted by Crippen LogP contribution is 2.31. The molecule has 0 unspecified atom stereocenters. The van der Waals surface area contributed by atoms with Crippen LogP contribution in [0.15, 0.2) is 61.3 Å². The van der Waals surface area contributed by atoms with E-state index in [9.17, 15) is 0 Å². The van der Waals surface area contributed by atoms with Gasteiger partial charge in [-0.3, -0.25) is 15.0 Å². The molecule has 0 aliphatic heterocycles. The fourth-order valence-corrected chi connectivity index (χ4v) is 2.08. The molecule has 3 heterocycles. The zero-order chi connectivity index (χ0) is 13.1. The van der Waals surface area contributed by atoms with Gasteiger partial charge in [0.15, 0.2) is 0 Å². The van der Waals surface area contributed by atoms with Gasteiger partial charge in [-0.2, -0.15) is 0 Å². The van der Waals surface area contributed by atoms with Gasteiger partial charge in [0, 0.05) is 42.1 Å². The fourth-order valence-electron chi connectivity index (χ4n) is 1.92. The van der Waals surface area contributed by atoms with Gasteiger partial charge >= 0.3 is 0 Å². The monoisotopic (exact) mass is 267 g/mol. The van der Waals surface area contributed by atoms with Crippen LogP contribution in [0, 0.1) is 0 Å². The van der Waals surface area contributed by atoms with Crippen LogP contribution in [0.2, 0.25) is 5.02 Å². The van der Waals surface area contributed by atoms with Gasteiger partial charge in [0.05, 0.1) is 10.7 Å². The Morgan fingerprint density at radius 3 is 2.42 bits per heavy atom. The normalized spacial score (nSPS) is 10.4. The topological polar surface area (TPSA) is 38.7 Å². The maximum Gasteiger partial charge on any atom is 0.0796 e. The largest absolute Gasteiger partial charge is 0.265 e. The van der Waals surface area contributed by atoms with Crippen LogP contribution in [-0.4, -0.2) is 15.0 Å². The Balaban J connectivity index is 2.21. The highest BCUT2D eigenvalue weighted by Gasteiger charge is 2.09. The molecule has 0 N–H and O–H groups in total. The number of halogens is 1. The summed E-state index contributed by atoms with van der Waals surface area (Å²) < 4.78 is 0. The molecule has 3 nitrogen and oxygen atoms in total. The van der Waals surface area contributed by atoms with Gasteiger partial charge in [-0.1, -0.05) is 11.6 Å². The number of pyridine rings is 3. The highest BCUT2D eigenvalue weighted by molar-refractivity contribution is 6.30. The lowest BCUT2D eigenvalue weighted by molar-refractivity contribution is 1.27. The Morgan fingerprint density at radius 2 is 1.68 bits per heavy atom. The molecule has 92 valence electrons. The predicted molar refractivity (Wildman–Crippen MR) is 75.7 cm³/mol. The van der Waals surface area contributed by atoms with Crippen LogP contribution >= 0.6 is 11.6 Å². The van der Waals surface area contributed by atoms with Crippen LogP contribution < -0.4 is 0 Å². The molecule has 19 heavy (non-hydrogen) atoms. The molecule has 0 atom stereocenters. The van der Waals surface area contributed by atoms with E-state index in [0.717, 1.165) is 22.4 Å². The Labute approximate surface area is 116 Å². The van der Waals surface area contributed by atoms with Crippen molar-refractivity contribution in [3.63, 3.8) is 0 Å². The number of rotatable bonds is 2. The molecule has 3 aromatic rings. The molecule has 0 aliphatic rings. The molecule has 0 radical (unpaired) electrons. The van der Waals surface area contributed by atoms with Gasteiger partial charge in [-0.25, -0.2) is 0 Å². The lowest BCUT2D eigenvalue weighted by atomic mass is 10.0. The van der Waals surface area contributed by atoms with Crippen molar-refractivity contribution in [3.05, 3.63) is 66.3 Å². The van der Waals surface area contributed by atoms with Crippen LogP contribution in [0.4, 0.5) is 0 Å². The molecule has 3 aromatic heterocycles. The summed E-state index contributed by atoms with van der Waals surface area (Å²) in [7, 11) is 0. The summed E-state index contributed by atoms with van der Waals surface area (Å²) in [6.45, 7) is 0. The first kappa shape index (κ1) is 11.8. The SMILES string of the molecule is Clc1cnc(-c2cccnc2)c(-c2ccncc2)c1. The quantitative estimate of drug-likeness (QED) is 0.708. The van der Waals surface area contributed by atoms with E-state index in [-0.39, 0.29) is 0 Å². The Kier molecular flexibility index (Phi) is 3.21. The van der Waals surface area contributed by atoms with E-state index in [0.29, 0.717) is 5.02 Å². The summed E-state index contributed by atoms with van der Waals surface area (Å²) in [5.41, 5.74) is 3.83. The first-order valence-electron chi connectivity index (χ1n) is 5.81. The summed E-state index contributed by atoms with van der Waals surface area (Å²) >= 11 is 6.06. The second kappa shape index (κ2) is 5.16. The van der Waals surface area contributed by atoms with Crippen LogP contribution in [0.1, 0.15) is 0 Å². The maximum atomic E-state index is 6.06. The second-order valence-corrected chi connectivity index (χ2v) is 4.46. The van der Waals surface area contributed by atoms with Gasteiger partial charge in [0.1, 0.15) is 0 Å². The van der Waals surface area contributed by atoms with E-state index in [1.54, 1.807) is 31.0 Å². The van der Waals surface area contributed by atoms with Gasteiger partial charge in [0.2, 0.25) is 0 Å². The third kappa shape index (κ3) is 2.46. The zero-order valence-corrected chi connectivity index (χ0v) is 10.7. The summed E-state index contributed by atoms with van der Waals surface area (Å²) in [6, 6.07) is 9.66. The van der Waals surface area contributed by atoms with Crippen LogP contribution in [-0.2, 0) is 0 Å². The average Bonchev–Trinajstić information content (AvgIpc) is 2.49. The Bertz CT molecular complexity index is 684. The summed E-state index contributed by atoms with van der Waals surface area (Å²) in [5, 5.41) is 0.611. The molecular formula is C15H10ClN3. The molecule has 3 rings (SSSR count). The molecule has 0 amide bonds. The van der Waals surface area contributed by atoms with E-state index in [1.165, 1.54) is 0 Å². The highest BCUT2D eigenvalue weighted by atomic mass is 35.5. The first-order chi connectivity index (χ1) is 9.34. The van der Waals surface area contributed by atoms with E-state index >= 15 is 0 Å². The molecular weight excluding hydrogens is 258 g/mol. The van der Waals surface area contributed by atoms with Crippen LogP contribution in [0.25, 0.3) is 22.4 Å². The van der Waals surface area contributed by atoms with Gasteiger partial charge in [-0.05, 0) is 35.9 Å². The molecule has 4 heteroatoms. The second-order valence-electron chi connectivity index (χ2n) is 4.03. The van der Waals surface area contributed by atoms with Crippen LogP contribution in [0.3, 0.4) is 0 Å². The van der Waals surface area contributed by atoms with E-state index in [2.05, 4.69) is 15.0 Å². The molecule has 0 saturated carbocycles. The first-order valence-corrected chi connectivity index (χ1v) is 6.19. The van der Waals surface area contributed by atoms with E-state index in [1.807, 2.05) is 30.3 Å². The number of aromatic nitrogens is 3. The number of nitrogens with zero attached hydrogens (tertiary/aromatic N) is 3. The minimum absolute atomic E-state index is 0.611. The lowest BCUT2D eigenvalue weighted by Gasteiger charge is -2.09. The molecule has 0 fully saturated rings. The lowest BCUT2D eigenvalue weighted by Crippen LogP contribution is -1.90. The minimum Gasteiger partial charge on any atom is -0.265 e. The minimum atomic E-state index is 0.611. The standard InChI is InChI=1S/C15H10ClN3/c16-13-8-14(11-3-6-17-7-4-11)15(19-10-13)12-2-1-5-18-9-12/h1-10H. The molecule has 0 aromatic carbocycles. The summed E-state index contributed by atoms with van der Waals surface area (Å²) in [4.78, 5) is 12.6. The summed E-state index contributed by atoms with van der Waals surface area (Å²) in [5.74, 6) is 0. The molecule has 0 spiro atoms. The van der Waals surface area contributed by atoms with Crippen molar-refractivity contribution in [1.82, 2.24) is 15.0 Å². The summed E-state index contributed by atoms with van der Waals surface area (Å²) in [6.07, 6.45) is 8.69. The average molecular weight is 268 g/mol. The Morgan fingerprint density at radius 1 is 0.842 bits per heavy atom. The van der Waals surface area contributed by atoms with E-state index in [4.69, 9.17) is 11.6 Å². The zero-order valence-electron chi connectivity index (χ0n) is 9.99. The van der Waals surface area contributed by atoms with Gasteiger partial charge < -0.3 is 0 Å². The van der Waals surface area contributed by atoms with Crippen molar-refractivity contribution in [2.45, 2.75) is 0 Å². The predicted octanol–water partition coefficient (Wildman–Crippen LogP) is 3.86. The van der Waals surface area contributed by atoms with Crippen molar-refractivity contribution in [2.24, 2.45) is 0 Å². The van der Waals surface area contributed by atoms with Gasteiger partial charge in [0.25, 0.3) is 0 Å². The van der Waals surface area contributed by atoms with Crippen molar-refractivity contribution >= 4 is 11.6 Å². The molecule has 0 saturated heterocycles. The van der Waals surface area contributed by atoms with Gasteiger partial charge in [-0.15, -0.1) is 0 Å². The third-order valence-electron chi connectivity index (χ3n) is 2.78. The third-order valence-corrected chi connectivity index (χ3v) is 2.99. The maximum absolute atomic E-state index is 6.06. The number of hydrogen-bond donors (Lipinski definition) is 0. The van der Waals surface area contributed by atoms with E-state index < -0.39 is 0 Å². The fraction of sp³-hybridized carbons (Fsp3) is 0. The molecule has 0 aliphatic carbocycles. The van der Waals surface area contributed by atoms with Crippen molar-refractivity contribution in [3.8, 4) is 22.4 Å². The van der Waals surface area contributed by atoms with Crippen LogP contribution in [0.5, 0.6) is 0 Å². The van der Waals surface area contributed by atoms with Crippen molar-refractivity contribution in [2.75, 3.05) is 0 Å². The molecule has 0 bridgehead atoms. The van der Waals surface area contributed by atoms with Crippen molar-refractivity contribution in [1.29, 1.82) is 0 Å².